The Kier molecular flexibility index (Phi) is 4.29. The van der Waals surface area contributed by atoms with Gasteiger partial charge in [0.05, 0.1) is 17.8 Å². The molecule has 2 rings (SSSR count). The fourth-order valence-corrected chi connectivity index (χ4v) is 2.51. The van der Waals surface area contributed by atoms with Crippen LogP contribution in [0.4, 0.5) is 5.69 Å². The third-order valence-corrected chi connectivity index (χ3v) is 3.90. The van der Waals surface area contributed by atoms with Crippen molar-refractivity contribution in [3.63, 3.8) is 0 Å². The van der Waals surface area contributed by atoms with E-state index in [0.717, 1.165) is 10.6 Å². The van der Waals surface area contributed by atoms with Crippen molar-refractivity contribution in [2.24, 2.45) is 0 Å². The van der Waals surface area contributed by atoms with E-state index in [1.807, 2.05) is 0 Å². The van der Waals surface area contributed by atoms with Crippen LogP contribution in [0.15, 0.2) is 30.3 Å². The third kappa shape index (κ3) is 3.39. The van der Waals surface area contributed by atoms with Gasteiger partial charge in [-0.05, 0) is 24.3 Å². The molecule has 0 fully saturated rings. The SMILES string of the molecule is COc1ccc(Cl)c(NCc2ccc(C(=O)O)s2)c1. The lowest BCUT2D eigenvalue weighted by Gasteiger charge is -2.09. The number of aromatic carboxylic acids is 1. The first-order valence-electron chi connectivity index (χ1n) is 5.49. The van der Waals surface area contributed by atoms with E-state index in [0.29, 0.717) is 22.2 Å². The van der Waals surface area contributed by atoms with Crippen LogP contribution in [0.3, 0.4) is 0 Å². The average molecular weight is 298 g/mol. The van der Waals surface area contributed by atoms with Gasteiger partial charge in [-0.2, -0.15) is 0 Å². The molecule has 0 bridgehead atoms. The summed E-state index contributed by atoms with van der Waals surface area (Å²) >= 11 is 7.31. The van der Waals surface area contributed by atoms with E-state index < -0.39 is 5.97 Å². The van der Waals surface area contributed by atoms with Gasteiger partial charge in [0.15, 0.2) is 0 Å². The Bertz CT molecular complexity index is 597. The summed E-state index contributed by atoms with van der Waals surface area (Å²) < 4.78 is 5.12. The summed E-state index contributed by atoms with van der Waals surface area (Å²) in [6.07, 6.45) is 0. The molecule has 1 aromatic carbocycles. The van der Waals surface area contributed by atoms with E-state index in [2.05, 4.69) is 5.32 Å². The lowest BCUT2D eigenvalue weighted by Crippen LogP contribution is -1.98. The maximum Gasteiger partial charge on any atom is 0.345 e. The van der Waals surface area contributed by atoms with E-state index in [1.165, 1.54) is 11.3 Å². The molecule has 0 aliphatic carbocycles. The smallest absolute Gasteiger partial charge is 0.345 e. The highest BCUT2D eigenvalue weighted by molar-refractivity contribution is 7.13. The minimum absolute atomic E-state index is 0.327. The minimum Gasteiger partial charge on any atom is -0.497 e. The molecule has 2 aromatic rings. The maximum atomic E-state index is 10.8. The number of ether oxygens (including phenoxy) is 1. The number of carboxylic acids is 1. The van der Waals surface area contributed by atoms with E-state index in [1.54, 1.807) is 37.4 Å². The van der Waals surface area contributed by atoms with Crippen LogP contribution in [0.25, 0.3) is 0 Å². The van der Waals surface area contributed by atoms with Gasteiger partial charge in [-0.1, -0.05) is 11.6 Å². The van der Waals surface area contributed by atoms with Crippen LogP contribution >= 0.6 is 22.9 Å². The Morgan fingerprint density at radius 3 is 2.84 bits per heavy atom. The largest absolute Gasteiger partial charge is 0.497 e. The molecule has 0 saturated heterocycles. The van der Waals surface area contributed by atoms with E-state index in [4.69, 9.17) is 21.4 Å². The number of carbonyl (C=O) groups is 1. The van der Waals surface area contributed by atoms with Crippen molar-refractivity contribution in [2.45, 2.75) is 6.54 Å². The van der Waals surface area contributed by atoms with Crippen LogP contribution in [-0.4, -0.2) is 18.2 Å². The molecule has 1 heterocycles. The number of hydrogen-bond acceptors (Lipinski definition) is 4. The number of rotatable bonds is 5. The van der Waals surface area contributed by atoms with Gasteiger partial charge >= 0.3 is 5.97 Å². The first kappa shape index (κ1) is 13.7. The van der Waals surface area contributed by atoms with Crippen LogP contribution in [0.2, 0.25) is 5.02 Å². The molecule has 0 radical (unpaired) electrons. The Morgan fingerprint density at radius 1 is 1.42 bits per heavy atom. The molecule has 0 saturated carbocycles. The third-order valence-electron chi connectivity index (χ3n) is 2.50. The molecule has 0 amide bonds. The van der Waals surface area contributed by atoms with E-state index in [9.17, 15) is 4.79 Å². The zero-order valence-electron chi connectivity index (χ0n) is 10.1. The van der Waals surface area contributed by atoms with Crippen molar-refractivity contribution in [3.8, 4) is 5.75 Å². The van der Waals surface area contributed by atoms with Gasteiger partial charge in [0, 0.05) is 17.5 Å². The number of methoxy groups -OCH3 is 1. The molecule has 2 N–H and O–H groups in total. The number of benzene rings is 1. The highest BCUT2D eigenvalue weighted by Crippen LogP contribution is 2.27. The predicted molar refractivity (Wildman–Crippen MR) is 76.6 cm³/mol. The van der Waals surface area contributed by atoms with Gasteiger partial charge < -0.3 is 15.2 Å². The van der Waals surface area contributed by atoms with Crippen LogP contribution in [0, 0.1) is 0 Å². The van der Waals surface area contributed by atoms with Crippen LogP contribution in [0.5, 0.6) is 5.75 Å². The van der Waals surface area contributed by atoms with Gasteiger partial charge in [-0.3, -0.25) is 0 Å². The average Bonchev–Trinajstić information content (AvgIpc) is 2.87. The van der Waals surface area contributed by atoms with Gasteiger partial charge in [0.2, 0.25) is 0 Å². The van der Waals surface area contributed by atoms with Crippen molar-refractivity contribution in [3.05, 3.63) is 45.1 Å². The normalized spacial score (nSPS) is 10.2. The second kappa shape index (κ2) is 5.95. The van der Waals surface area contributed by atoms with Gasteiger partial charge in [-0.15, -0.1) is 11.3 Å². The quantitative estimate of drug-likeness (QED) is 0.883. The van der Waals surface area contributed by atoms with Crippen molar-refractivity contribution < 1.29 is 14.6 Å². The first-order valence-corrected chi connectivity index (χ1v) is 6.69. The second-order valence-electron chi connectivity index (χ2n) is 3.77. The predicted octanol–water partition coefficient (Wildman–Crippen LogP) is 3.72. The molecule has 6 heteroatoms. The van der Waals surface area contributed by atoms with Crippen LogP contribution < -0.4 is 10.1 Å². The number of halogens is 1. The second-order valence-corrected chi connectivity index (χ2v) is 5.35. The van der Waals surface area contributed by atoms with Crippen molar-refractivity contribution in [1.29, 1.82) is 0 Å². The molecular weight excluding hydrogens is 286 g/mol. The molecule has 19 heavy (non-hydrogen) atoms. The van der Waals surface area contributed by atoms with Crippen molar-refractivity contribution >= 4 is 34.6 Å². The zero-order valence-corrected chi connectivity index (χ0v) is 11.7. The number of thiophene rings is 1. The summed E-state index contributed by atoms with van der Waals surface area (Å²) in [5.41, 5.74) is 0.756. The summed E-state index contributed by atoms with van der Waals surface area (Å²) in [5, 5.41) is 12.6. The number of anilines is 1. The molecule has 0 atom stereocenters. The molecule has 0 spiro atoms. The van der Waals surface area contributed by atoms with E-state index in [-0.39, 0.29) is 0 Å². The van der Waals surface area contributed by atoms with Gasteiger partial charge in [0.1, 0.15) is 10.6 Å². The molecule has 100 valence electrons. The van der Waals surface area contributed by atoms with Crippen LogP contribution in [0.1, 0.15) is 14.5 Å². The number of hydrogen-bond donors (Lipinski definition) is 2. The Morgan fingerprint density at radius 2 is 2.21 bits per heavy atom. The fourth-order valence-electron chi connectivity index (χ4n) is 1.54. The Balaban J connectivity index is 2.07. The molecule has 4 nitrogen and oxygen atoms in total. The standard InChI is InChI=1S/C13H12ClNO3S/c1-18-8-2-4-10(14)11(6-8)15-7-9-3-5-12(19-9)13(16)17/h2-6,15H,7H2,1H3,(H,16,17). The molecule has 0 aliphatic heterocycles. The molecule has 0 unspecified atom stereocenters. The highest BCUT2D eigenvalue weighted by atomic mass is 35.5. The lowest BCUT2D eigenvalue weighted by atomic mass is 10.3. The summed E-state index contributed by atoms with van der Waals surface area (Å²) in [6, 6.07) is 8.71. The maximum absolute atomic E-state index is 10.8. The summed E-state index contributed by atoms with van der Waals surface area (Å²) in [5.74, 6) is -0.194. The lowest BCUT2D eigenvalue weighted by molar-refractivity contribution is 0.0702. The summed E-state index contributed by atoms with van der Waals surface area (Å²) in [6.45, 7) is 0.519. The highest BCUT2D eigenvalue weighted by Gasteiger charge is 2.07. The van der Waals surface area contributed by atoms with E-state index >= 15 is 0 Å². The van der Waals surface area contributed by atoms with Crippen LogP contribution in [-0.2, 0) is 6.54 Å². The summed E-state index contributed by atoms with van der Waals surface area (Å²) in [4.78, 5) is 12.0. The molecule has 0 aliphatic rings. The fraction of sp³-hybridized carbons (Fsp3) is 0.154. The van der Waals surface area contributed by atoms with Gasteiger partial charge in [-0.25, -0.2) is 4.79 Å². The molecular formula is C13H12ClNO3S. The zero-order chi connectivity index (χ0) is 13.8. The Labute approximate surface area is 119 Å². The minimum atomic E-state index is -0.907. The Hall–Kier alpha value is -1.72. The first-order chi connectivity index (χ1) is 9.10. The number of carboxylic acid groups (broad SMARTS) is 1. The topological polar surface area (TPSA) is 58.6 Å². The molecule has 1 aromatic heterocycles. The van der Waals surface area contributed by atoms with Gasteiger partial charge in [0.25, 0.3) is 0 Å². The van der Waals surface area contributed by atoms with Crippen molar-refractivity contribution in [1.82, 2.24) is 0 Å². The summed E-state index contributed by atoms with van der Waals surface area (Å²) in [7, 11) is 1.59. The monoisotopic (exact) mass is 297 g/mol. The van der Waals surface area contributed by atoms with Crippen molar-refractivity contribution in [2.75, 3.05) is 12.4 Å². The number of nitrogens with one attached hydrogen (secondary N) is 1.